The first-order chi connectivity index (χ1) is 11.9. The zero-order valence-corrected chi connectivity index (χ0v) is 16.1. The van der Waals surface area contributed by atoms with Gasteiger partial charge in [-0.05, 0) is 37.0 Å². The third-order valence-corrected chi connectivity index (χ3v) is 5.61. The highest BCUT2D eigenvalue weighted by Gasteiger charge is 2.28. The molecule has 1 atom stereocenters. The molecule has 2 N–H and O–H groups in total. The van der Waals surface area contributed by atoms with Gasteiger partial charge in [0.1, 0.15) is 5.75 Å². The summed E-state index contributed by atoms with van der Waals surface area (Å²) in [6, 6.07) is 7.86. The van der Waals surface area contributed by atoms with Crippen LogP contribution in [-0.2, 0) is 16.4 Å². The summed E-state index contributed by atoms with van der Waals surface area (Å²) in [6.07, 6.45) is 0.634. The molecular formula is C18H29N3O3S. The maximum Gasteiger partial charge on any atom is 0.191 e. The van der Waals surface area contributed by atoms with Crippen LogP contribution < -0.4 is 15.4 Å². The first kappa shape index (κ1) is 19.6. The maximum atomic E-state index is 11.6. The predicted molar refractivity (Wildman–Crippen MR) is 102 cm³/mol. The Hall–Kier alpha value is -1.76. The molecule has 1 aromatic carbocycles. The van der Waals surface area contributed by atoms with E-state index >= 15 is 0 Å². The number of guanidine groups is 1. The van der Waals surface area contributed by atoms with Gasteiger partial charge in [-0.2, -0.15) is 0 Å². The highest BCUT2D eigenvalue weighted by atomic mass is 32.2. The third-order valence-electron chi connectivity index (χ3n) is 3.84. The maximum absolute atomic E-state index is 11.6. The average molecular weight is 368 g/mol. The summed E-state index contributed by atoms with van der Waals surface area (Å²) in [6.45, 7) is 8.19. The van der Waals surface area contributed by atoms with Gasteiger partial charge in [-0.25, -0.2) is 13.4 Å². The minimum Gasteiger partial charge on any atom is -0.493 e. The number of hydrogen-bond donors (Lipinski definition) is 2. The van der Waals surface area contributed by atoms with Crippen molar-refractivity contribution < 1.29 is 13.2 Å². The summed E-state index contributed by atoms with van der Waals surface area (Å²) >= 11 is 0. The number of nitrogens with one attached hydrogen (secondary N) is 2. The van der Waals surface area contributed by atoms with Crippen molar-refractivity contribution in [3.8, 4) is 5.75 Å². The molecule has 0 radical (unpaired) electrons. The predicted octanol–water partition coefficient (Wildman–Crippen LogP) is 1.96. The van der Waals surface area contributed by atoms with E-state index in [2.05, 4.69) is 29.5 Å². The van der Waals surface area contributed by atoms with Gasteiger partial charge in [0, 0.05) is 12.6 Å². The van der Waals surface area contributed by atoms with Gasteiger partial charge in [0.25, 0.3) is 0 Å². The van der Waals surface area contributed by atoms with Crippen LogP contribution in [-0.4, -0.2) is 45.1 Å². The fourth-order valence-electron chi connectivity index (χ4n) is 2.55. The Kier molecular flexibility index (Phi) is 7.11. The lowest BCUT2D eigenvalue weighted by atomic mass is 10.2. The van der Waals surface area contributed by atoms with E-state index < -0.39 is 9.84 Å². The lowest BCUT2D eigenvalue weighted by molar-refractivity contribution is 0.271. The van der Waals surface area contributed by atoms with E-state index in [1.807, 2.05) is 31.2 Å². The molecule has 0 bridgehead atoms. The van der Waals surface area contributed by atoms with Crippen LogP contribution in [0.25, 0.3) is 0 Å². The van der Waals surface area contributed by atoms with E-state index in [0.717, 1.165) is 17.9 Å². The van der Waals surface area contributed by atoms with Crippen LogP contribution in [0.3, 0.4) is 0 Å². The second kappa shape index (κ2) is 9.08. The van der Waals surface area contributed by atoms with Gasteiger partial charge in [0.2, 0.25) is 0 Å². The van der Waals surface area contributed by atoms with Gasteiger partial charge in [0.05, 0.1) is 24.7 Å². The molecule has 1 saturated heterocycles. The Bertz CT molecular complexity index is 669. The lowest BCUT2D eigenvalue weighted by Gasteiger charge is -2.15. The van der Waals surface area contributed by atoms with Crippen molar-refractivity contribution in [1.29, 1.82) is 0 Å². The zero-order valence-electron chi connectivity index (χ0n) is 15.3. The monoisotopic (exact) mass is 367 g/mol. The average Bonchev–Trinajstić information content (AvgIpc) is 2.90. The fourth-order valence-corrected chi connectivity index (χ4v) is 4.22. The second-order valence-electron chi connectivity index (χ2n) is 6.79. The van der Waals surface area contributed by atoms with Crippen LogP contribution in [0.2, 0.25) is 0 Å². The molecule has 1 fully saturated rings. The van der Waals surface area contributed by atoms with Crippen LogP contribution >= 0.6 is 0 Å². The standard InChI is InChI=1S/C18H29N3O3S/c1-4-19-18(21-16-9-10-25(22,23)13-16)20-11-15-5-7-17(8-6-15)24-12-14(2)3/h5-8,14,16H,4,9-13H2,1-3H3,(H2,19,20,21). The van der Waals surface area contributed by atoms with Gasteiger partial charge in [-0.3, -0.25) is 0 Å². The number of sulfone groups is 1. The topological polar surface area (TPSA) is 79.8 Å². The molecule has 6 nitrogen and oxygen atoms in total. The van der Waals surface area contributed by atoms with Crippen LogP contribution in [0, 0.1) is 5.92 Å². The molecule has 25 heavy (non-hydrogen) atoms. The van der Waals surface area contributed by atoms with Crippen LogP contribution in [0.15, 0.2) is 29.3 Å². The van der Waals surface area contributed by atoms with Gasteiger partial charge < -0.3 is 15.4 Å². The first-order valence-corrected chi connectivity index (χ1v) is 10.7. The summed E-state index contributed by atoms with van der Waals surface area (Å²) in [5.41, 5.74) is 1.08. The number of hydrogen-bond acceptors (Lipinski definition) is 4. The summed E-state index contributed by atoms with van der Waals surface area (Å²) in [5.74, 6) is 2.45. The summed E-state index contributed by atoms with van der Waals surface area (Å²) < 4.78 is 28.8. The third kappa shape index (κ3) is 6.94. The van der Waals surface area contributed by atoms with Crippen molar-refractivity contribution in [2.24, 2.45) is 10.9 Å². The normalized spacial score (nSPS) is 19.8. The van der Waals surface area contributed by atoms with E-state index in [4.69, 9.17) is 4.74 Å². The minimum absolute atomic E-state index is 0.0605. The number of rotatable bonds is 7. The number of ether oxygens (including phenoxy) is 1. The molecule has 0 spiro atoms. The van der Waals surface area contributed by atoms with Crippen molar-refractivity contribution in [2.45, 2.75) is 39.8 Å². The second-order valence-corrected chi connectivity index (χ2v) is 9.02. The van der Waals surface area contributed by atoms with Gasteiger partial charge >= 0.3 is 0 Å². The molecule has 2 rings (SSSR count). The fraction of sp³-hybridized carbons (Fsp3) is 0.611. The molecule has 0 aromatic heterocycles. The van der Waals surface area contributed by atoms with E-state index in [9.17, 15) is 8.42 Å². The summed E-state index contributed by atoms with van der Waals surface area (Å²) in [4.78, 5) is 4.56. The Morgan fingerprint density at radius 1 is 1.32 bits per heavy atom. The minimum atomic E-state index is -2.90. The Morgan fingerprint density at radius 2 is 2.04 bits per heavy atom. The zero-order chi connectivity index (χ0) is 18.3. The Balaban J connectivity index is 1.91. The molecular weight excluding hydrogens is 338 g/mol. The molecule has 1 aromatic rings. The molecule has 0 saturated carbocycles. The van der Waals surface area contributed by atoms with Crippen molar-refractivity contribution in [3.05, 3.63) is 29.8 Å². The van der Waals surface area contributed by atoms with Crippen molar-refractivity contribution in [3.63, 3.8) is 0 Å². The molecule has 0 amide bonds. The largest absolute Gasteiger partial charge is 0.493 e. The summed E-state index contributed by atoms with van der Waals surface area (Å²) in [7, 11) is -2.90. The van der Waals surface area contributed by atoms with E-state index in [0.29, 0.717) is 31.4 Å². The number of benzene rings is 1. The van der Waals surface area contributed by atoms with Gasteiger partial charge in [-0.15, -0.1) is 0 Å². The van der Waals surface area contributed by atoms with Crippen molar-refractivity contribution in [2.75, 3.05) is 24.7 Å². The first-order valence-electron chi connectivity index (χ1n) is 8.85. The van der Waals surface area contributed by atoms with Crippen molar-refractivity contribution in [1.82, 2.24) is 10.6 Å². The molecule has 7 heteroatoms. The van der Waals surface area contributed by atoms with Crippen LogP contribution in [0.1, 0.15) is 32.8 Å². The molecule has 1 unspecified atom stereocenters. The molecule has 140 valence electrons. The smallest absolute Gasteiger partial charge is 0.191 e. The number of nitrogens with zero attached hydrogens (tertiary/aromatic N) is 1. The highest BCUT2D eigenvalue weighted by molar-refractivity contribution is 7.91. The molecule has 1 aliphatic heterocycles. The quantitative estimate of drug-likeness (QED) is 0.569. The highest BCUT2D eigenvalue weighted by Crippen LogP contribution is 2.14. The van der Waals surface area contributed by atoms with E-state index in [1.165, 1.54) is 0 Å². The Labute approximate surface area is 151 Å². The molecule has 1 heterocycles. The van der Waals surface area contributed by atoms with Crippen LogP contribution in [0.5, 0.6) is 5.75 Å². The number of aliphatic imine (C=N–C) groups is 1. The van der Waals surface area contributed by atoms with Crippen LogP contribution in [0.4, 0.5) is 0 Å². The lowest BCUT2D eigenvalue weighted by Crippen LogP contribution is -2.44. The van der Waals surface area contributed by atoms with Gasteiger partial charge in [-0.1, -0.05) is 26.0 Å². The SMILES string of the molecule is CCNC(=NCc1ccc(OCC(C)C)cc1)NC1CCS(=O)(=O)C1. The van der Waals surface area contributed by atoms with E-state index in [1.54, 1.807) is 0 Å². The molecule has 0 aliphatic carbocycles. The Morgan fingerprint density at radius 3 is 2.60 bits per heavy atom. The summed E-state index contributed by atoms with van der Waals surface area (Å²) in [5, 5.41) is 6.39. The van der Waals surface area contributed by atoms with E-state index in [-0.39, 0.29) is 17.5 Å². The van der Waals surface area contributed by atoms with Gasteiger partial charge in [0.15, 0.2) is 15.8 Å². The van der Waals surface area contributed by atoms with Crippen molar-refractivity contribution >= 4 is 15.8 Å². The molecule has 1 aliphatic rings.